The van der Waals surface area contributed by atoms with Crippen molar-refractivity contribution in [2.75, 3.05) is 6.54 Å². The molecule has 1 aromatic carbocycles. The molecule has 90 valence electrons. The Labute approximate surface area is 106 Å². The van der Waals surface area contributed by atoms with E-state index in [1.165, 1.54) is 12.8 Å². The van der Waals surface area contributed by atoms with E-state index in [0.29, 0.717) is 5.92 Å². The largest absolute Gasteiger partial charge is 0.356 e. The fraction of sp³-hybridized carbons (Fsp3) is 0.500. The molecule has 17 heavy (non-hydrogen) atoms. The van der Waals surface area contributed by atoms with Crippen LogP contribution < -0.4 is 5.32 Å². The van der Waals surface area contributed by atoms with Crippen LogP contribution in [0.2, 0.25) is 5.02 Å². The van der Waals surface area contributed by atoms with E-state index in [2.05, 4.69) is 5.32 Å². The zero-order valence-corrected chi connectivity index (χ0v) is 10.4. The number of benzene rings is 1. The Bertz CT molecular complexity index is 442. The Hall–Kier alpha value is -1.02. The summed E-state index contributed by atoms with van der Waals surface area (Å²) in [4.78, 5) is 11.9. The van der Waals surface area contributed by atoms with Gasteiger partial charge in [-0.2, -0.15) is 0 Å². The molecule has 0 radical (unpaired) electrons. The minimum absolute atomic E-state index is 0.147. The molecule has 0 saturated heterocycles. The number of carbonyl (C=O) groups is 1. The summed E-state index contributed by atoms with van der Waals surface area (Å²) in [6, 6.07) is 7.84. The summed E-state index contributed by atoms with van der Waals surface area (Å²) in [6.07, 6.45) is 3.50. The Kier molecular flexibility index (Phi) is 2.83. The molecular weight excluding hydrogens is 234 g/mol. The molecule has 3 heteroatoms. The van der Waals surface area contributed by atoms with E-state index in [1.807, 2.05) is 24.3 Å². The first kappa shape index (κ1) is 11.1. The zero-order chi connectivity index (χ0) is 11.8. The first-order valence-electron chi connectivity index (χ1n) is 6.28. The predicted octanol–water partition coefficient (Wildman–Crippen LogP) is 2.97. The Balaban J connectivity index is 1.58. The molecule has 2 saturated carbocycles. The number of amides is 1. The van der Waals surface area contributed by atoms with Gasteiger partial charge in [-0.05, 0) is 42.7 Å². The van der Waals surface area contributed by atoms with Gasteiger partial charge in [-0.15, -0.1) is 0 Å². The minimum Gasteiger partial charge on any atom is -0.356 e. The average molecular weight is 250 g/mol. The monoisotopic (exact) mass is 249 g/mol. The van der Waals surface area contributed by atoms with Crippen molar-refractivity contribution in [2.24, 2.45) is 11.8 Å². The van der Waals surface area contributed by atoms with Gasteiger partial charge < -0.3 is 5.32 Å². The molecular formula is C14H16ClNO. The summed E-state index contributed by atoms with van der Waals surface area (Å²) in [5, 5.41) is 3.83. The number of halogens is 1. The topological polar surface area (TPSA) is 29.1 Å². The highest BCUT2D eigenvalue weighted by Crippen LogP contribution is 2.49. The summed E-state index contributed by atoms with van der Waals surface area (Å²) in [6.45, 7) is 0.866. The molecule has 2 aliphatic rings. The minimum atomic E-state index is 0.147. The van der Waals surface area contributed by atoms with Crippen LogP contribution >= 0.6 is 11.6 Å². The van der Waals surface area contributed by atoms with Gasteiger partial charge in [0.2, 0.25) is 5.91 Å². The van der Waals surface area contributed by atoms with E-state index in [4.69, 9.17) is 11.6 Å². The van der Waals surface area contributed by atoms with Crippen molar-refractivity contribution in [3.05, 3.63) is 34.9 Å². The second-order valence-electron chi connectivity index (χ2n) is 5.16. The van der Waals surface area contributed by atoms with Crippen molar-refractivity contribution >= 4 is 17.5 Å². The third kappa shape index (κ3) is 2.47. The smallest absolute Gasteiger partial charge is 0.223 e. The Morgan fingerprint density at radius 3 is 2.82 bits per heavy atom. The number of carbonyl (C=O) groups excluding carboxylic acids is 1. The van der Waals surface area contributed by atoms with Crippen molar-refractivity contribution in [3.8, 4) is 0 Å². The van der Waals surface area contributed by atoms with Gasteiger partial charge in [0.15, 0.2) is 0 Å². The molecule has 0 bridgehead atoms. The second kappa shape index (κ2) is 4.34. The third-order valence-corrected chi connectivity index (χ3v) is 4.04. The lowest BCUT2D eigenvalue weighted by Crippen LogP contribution is -2.27. The molecule has 0 aromatic heterocycles. The highest BCUT2D eigenvalue weighted by molar-refractivity contribution is 6.31. The quantitative estimate of drug-likeness (QED) is 0.873. The molecule has 1 N–H and O–H groups in total. The van der Waals surface area contributed by atoms with Gasteiger partial charge in [0, 0.05) is 17.5 Å². The van der Waals surface area contributed by atoms with E-state index in [0.717, 1.165) is 29.5 Å². The highest BCUT2D eigenvalue weighted by atomic mass is 35.5. The number of rotatable bonds is 4. The summed E-state index contributed by atoms with van der Waals surface area (Å²) >= 11 is 6.14. The molecule has 2 unspecified atom stereocenters. The van der Waals surface area contributed by atoms with Crippen molar-refractivity contribution in [1.82, 2.24) is 5.32 Å². The fourth-order valence-corrected chi connectivity index (χ4v) is 2.58. The average Bonchev–Trinajstić information content (AvgIpc) is 3.20. The number of hydrogen-bond donors (Lipinski definition) is 1. The molecule has 1 amide bonds. The molecule has 2 atom stereocenters. The number of hydrogen-bond acceptors (Lipinski definition) is 1. The van der Waals surface area contributed by atoms with Crippen molar-refractivity contribution in [2.45, 2.75) is 25.2 Å². The second-order valence-corrected chi connectivity index (χ2v) is 5.57. The molecule has 0 aliphatic heterocycles. The van der Waals surface area contributed by atoms with E-state index in [9.17, 15) is 4.79 Å². The maximum Gasteiger partial charge on any atom is 0.223 e. The first-order valence-corrected chi connectivity index (χ1v) is 6.65. The molecule has 3 rings (SSSR count). The molecule has 2 aliphatic carbocycles. The summed E-state index contributed by atoms with van der Waals surface area (Å²) in [7, 11) is 0. The van der Waals surface area contributed by atoms with Gasteiger partial charge in [-0.1, -0.05) is 29.8 Å². The third-order valence-electron chi connectivity index (χ3n) is 3.69. The van der Waals surface area contributed by atoms with Crippen LogP contribution in [0.25, 0.3) is 0 Å². The molecule has 0 heterocycles. The summed E-state index contributed by atoms with van der Waals surface area (Å²) in [5.74, 6) is 1.44. The van der Waals surface area contributed by atoms with Crippen LogP contribution in [0.15, 0.2) is 24.3 Å². The van der Waals surface area contributed by atoms with Crippen LogP contribution in [0, 0.1) is 11.8 Å². The van der Waals surface area contributed by atoms with Gasteiger partial charge in [-0.3, -0.25) is 4.79 Å². The van der Waals surface area contributed by atoms with E-state index in [-0.39, 0.29) is 11.8 Å². The van der Waals surface area contributed by atoms with Crippen LogP contribution in [0.3, 0.4) is 0 Å². The van der Waals surface area contributed by atoms with Crippen LogP contribution in [0.1, 0.15) is 30.7 Å². The number of nitrogens with one attached hydrogen (secondary N) is 1. The molecule has 1 aromatic rings. The normalized spacial score (nSPS) is 26.6. The van der Waals surface area contributed by atoms with E-state index < -0.39 is 0 Å². The fourth-order valence-electron chi connectivity index (χ4n) is 2.30. The Morgan fingerprint density at radius 1 is 1.35 bits per heavy atom. The van der Waals surface area contributed by atoms with Crippen LogP contribution in [0.5, 0.6) is 0 Å². The van der Waals surface area contributed by atoms with Crippen molar-refractivity contribution in [1.29, 1.82) is 0 Å². The van der Waals surface area contributed by atoms with Crippen molar-refractivity contribution in [3.63, 3.8) is 0 Å². The van der Waals surface area contributed by atoms with E-state index >= 15 is 0 Å². The Morgan fingerprint density at radius 2 is 2.12 bits per heavy atom. The van der Waals surface area contributed by atoms with Crippen LogP contribution in [-0.4, -0.2) is 12.5 Å². The van der Waals surface area contributed by atoms with Crippen molar-refractivity contribution < 1.29 is 4.79 Å². The molecule has 2 nitrogen and oxygen atoms in total. The van der Waals surface area contributed by atoms with Crippen LogP contribution in [0.4, 0.5) is 0 Å². The molecule has 2 fully saturated rings. The summed E-state index contributed by atoms with van der Waals surface area (Å²) in [5.41, 5.74) is 1.13. The van der Waals surface area contributed by atoms with Gasteiger partial charge >= 0.3 is 0 Å². The SMILES string of the molecule is O=C(NCC1CC1)C1CC1c1ccccc1Cl. The molecule has 0 spiro atoms. The standard InChI is InChI=1S/C14H16ClNO/c15-13-4-2-1-3-10(13)11-7-12(11)14(17)16-8-9-5-6-9/h1-4,9,11-12H,5-8H2,(H,16,17). The lowest BCUT2D eigenvalue weighted by Gasteiger charge is -2.04. The van der Waals surface area contributed by atoms with Gasteiger partial charge in [0.05, 0.1) is 0 Å². The first-order chi connectivity index (χ1) is 8.25. The predicted molar refractivity (Wildman–Crippen MR) is 68.0 cm³/mol. The van der Waals surface area contributed by atoms with Gasteiger partial charge in [-0.25, -0.2) is 0 Å². The van der Waals surface area contributed by atoms with Gasteiger partial charge in [0.25, 0.3) is 0 Å². The zero-order valence-electron chi connectivity index (χ0n) is 9.66. The van der Waals surface area contributed by atoms with Crippen LogP contribution in [-0.2, 0) is 4.79 Å². The van der Waals surface area contributed by atoms with E-state index in [1.54, 1.807) is 0 Å². The highest BCUT2D eigenvalue weighted by Gasteiger charge is 2.44. The lowest BCUT2D eigenvalue weighted by atomic mass is 10.1. The lowest BCUT2D eigenvalue weighted by molar-refractivity contribution is -0.122. The maximum atomic E-state index is 11.9. The summed E-state index contributed by atoms with van der Waals surface area (Å²) < 4.78 is 0. The maximum absolute atomic E-state index is 11.9. The van der Waals surface area contributed by atoms with Gasteiger partial charge in [0.1, 0.15) is 0 Å².